The second kappa shape index (κ2) is 10.9. The van der Waals surface area contributed by atoms with Crippen LogP contribution in [0.25, 0.3) is 10.9 Å². The fourth-order valence-corrected chi connectivity index (χ4v) is 3.50. The zero-order valence-electron chi connectivity index (χ0n) is 17.6. The number of amides is 2. The summed E-state index contributed by atoms with van der Waals surface area (Å²) in [5.74, 6) is 2.48. The zero-order chi connectivity index (χ0) is 22.9. The summed E-state index contributed by atoms with van der Waals surface area (Å²) in [5.41, 5.74) is 9.73. The van der Waals surface area contributed by atoms with E-state index in [1.54, 1.807) is 23.7 Å². The summed E-state index contributed by atoms with van der Waals surface area (Å²) in [5, 5.41) is 9.38. The topological polar surface area (TPSA) is 121 Å². The summed E-state index contributed by atoms with van der Waals surface area (Å²) in [6.45, 7) is 0.671. The molecule has 3 aromatic rings. The lowest BCUT2D eigenvalue weighted by molar-refractivity contribution is -0.129. The van der Waals surface area contributed by atoms with Gasteiger partial charge in [0.2, 0.25) is 11.8 Å². The zero-order valence-corrected chi connectivity index (χ0v) is 17.6. The molecule has 0 aliphatic carbocycles. The van der Waals surface area contributed by atoms with Crippen molar-refractivity contribution in [2.45, 2.75) is 32.1 Å². The van der Waals surface area contributed by atoms with Gasteiger partial charge in [0.1, 0.15) is 12.1 Å². The summed E-state index contributed by atoms with van der Waals surface area (Å²) < 4.78 is 0. The lowest BCUT2D eigenvalue weighted by atomic mass is 10.1. The number of benzene rings is 2. The van der Waals surface area contributed by atoms with Gasteiger partial charge in [-0.25, -0.2) is 15.4 Å². The van der Waals surface area contributed by atoms with Gasteiger partial charge >= 0.3 is 0 Å². The molecule has 3 rings (SSSR count). The molecule has 8 nitrogen and oxygen atoms in total. The third kappa shape index (κ3) is 5.59. The Hall–Kier alpha value is -3.96. The van der Waals surface area contributed by atoms with E-state index in [1.165, 1.54) is 6.33 Å². The number of carbonyl (C=O) groups is 2. The largest absolute Gasteiger partial charge is 0.366 e. The van der Waals surface area contributed by atoms with Crippen molar-refractivity contribution >= 4 is 34.2 Å². The van der Waals surface area contributed by atoms with Crippen LogP contribution >= 0.6 is 0 Å². The standard InChI is InChI=1S/C24H25N5O3/c1-2-17-8-7-9-19(14-17)29(13-6-4-3-5-10-22(30)28-32)24-20-12-11-18(23(25)31)15-21(20)26-16-27-24/h1,7-9,11-12,14-16,32H,3-6,10,13H2,(H2,25,31)(H,28,30). The summed E-state index contributed by atoms with van der Waals surface area (Å²) in [7, 11) is 0. The van der Waals surface area contributed by atoms with E-state index in [0.29, 0.717) is 36.3 Å². The lowest BCUT2D eigenvalue weighted by Crippen LogP contribution is -2.20. The first kappa shape index (κ1) is 22.7. The molecule has 0 bridgehead atoms. The van der Waals surface area contributed by atoms with Gasteiger partial charge in [-0.2, -0.15) is 0 Å². The molecular weight excluding hydrogens is 406 g/mol. The molecule has 0 saturated carbocycles. The second-order valence-electron chi connectivity index (χ2n) is 7.34. The number of fused-ring (bicyclic) bond motifs is 1. The van der Waals surface area contributed by atoms with Crippen LogP contribution in [0.1, 0.15) is 48.0 Å². The van der Waals surface area contributed by atoms with E-state index in [2.05, 4.69) is 20.8 Å². The maximum atomic E-state index is 11.6. The molecule has 1 aromatic heterocycles. The number of primary amides is 1. The molecule has 0 aliphatic rings. The second-order valence-corrected chi connectivity index (χ2v) is 7.34. The van der Waals surface area contributed by atoms with Crippen LogP contribution in [0.3, 0.4) is 0 Å². The number of anilines is 2. The Morgan fingerprint density at radius 1 is 1.09 bits per heavy atom. The van der Waals surface area contributed by atoms with Crippen LogP contribution in [-0.2, 0) is 4.79 Å². The summed E-state index contributed by atoms with van der Waals surface area (Å²) >= 11 is 0. The SMILES string of the molecule is C#Cc1cccc(N(CCCCCCC(=O)NO)c2ncnc3cc(C(N)=O)ccc23)c1. The molecule has 0 spiro atoms. The van der Waals surface area contributed by atoms with Crippen LogP contribution < -0.4 is 16.1 Å². The van der Waals surface area contributed by atoms with Crippen LogP contribution in [0.15, 0.2) is 48.8 Å². The van der Waals surface area contributed by atoms with Gasteiger partial charge in [0.25, 0.3) is 0 Å². The number of hydroxylamine groups is 1. The van der Waals surface area contributed by atoms with Crippen molar-refractivity contribution in [3.8, 4) is 12.3 Å². The first-order valence-electron chi connectivity index (χ1n) is 10.3. The van der Waals surface area contributed by atoms with Gasteiger partial charge in [-0.1, -0.05) is 24.8 Å². The Labute approximate surface area is 186 Å². The number of terminal acetylenes is 1. The Morgan fingerprint density at radius 3 is 2.66 bits per heavy atom. The monoisotopic (exact) mass is 431 g/mol. The predicted molar refractivity (Wildman–Crippen MR) is 122 cm³/mol. The van der Waals surface area contributed by atoms with Crippen molar-refractivity contribution in [3.63, 3.8) is 0 Å². The molecule has 1 heterocycles. The summed E-state index contributed by atoms with van der Waals surface area (Å²) in [6, 6.07) is 12.8. The lowest BCUT2D eigenvalue weighted by Gasteiger charge is -2.25. The fraction of sp³-hybridized carbons (Fsp3) is 0.250. The highest BCUT2D eigenvalue weighted by Gasteiger charge is 2.16. The number of carbonyl (C=O) groups excluding carboxylic acids is 2. The number of aromatic nitrogens is 2. The van der Waals surface area contributed by atoms with Gasteiger partial charge in [-0.15, -0.1) is 6.42 Å². The number of nitrogens with two attached hydrogens (primary N) is 1. The number of hydrogen-bond acceptors (Lipinski definition) is 6. The molecule has 0 radical (unpaired) electrons. The van der Waals surface area contributed by atoms with Gasteiger partial charge in [-0.05, 0) is 49.2 Å². The first-order chi connectivity index (χ1) is 15.5. The summed E-state index contributed by atoms with van der Waals surface area (Å²) in [4.78, 5) is 33.6. The Bertz CT molecular complexity index is 1160. The molecule has 0 saturated heterocycles. The average molecular weight is 431 g/mol. The van der Waals surface area contributed by atoms with Gasteiger partial charge in [0, 0.05) is 35.2 Å². The highest BCUT2D eigenvalue weighted by atomic mass is 16.5. The molecule has 0 fully saturated rings. The molecule has 32 heavy (non-hydrogen) atoms. The first-order valence-corrected chi connectivity index (χ1v) is 10.3. The van der Waals surface area contributed by atoms with Crippen LogP contribution in [-0.4, -0.2) is 33.5 Å². The van der Waals surface area contributed by atoms with Crippen molar-refractivity contribution < 1.29 is 14.8 Å². The Kier molecular flexibility index (Phi) is 7.73. The van der Waals surface area contributed by atoms with E-state index in [1.807, 2.05) is 24.3 Å². The van der Waals surface area contributed by atoms with Crippen molar-refractivity contribution in [2.75, 3.05) is 11.4 Å². The normalized spacial score (nSPS) is 10.5. The maximum Gasteiger partial charge on any atom is 0.248 e. The van der Waals surface area contributed by atoms with E-state index in [9.17, 15) is 9.59 Å². The van der Waals surface area contributed by atoms with E-state index < -0.39 is 5.91 Å². The molecule has 8 heteroatoms. The average Bonchev–Trinajstić information content (AvgIpc) is 2.82. The number of hydrogen-bond donors (Lipinski definition) is 3. The van der Waals surface area contributed by atoms with Crippen LogP contribution in [0.2, 0.25) is 0 Å². The Morgan fingerprint density at radius 2 is 1.91 bits per heavy atom. The number of nitrogens with one attached hydrogen (secondary N) is 1. The minimum atomic E-state index is -0.513. The minimum absolute atomic E-state index is 0.295. The van der Waals surface area contributed by atoms with Crippen LogP contribution in [0.4, 0.5) is 11.5 Å². The number of unbranched alkanes of at least 4 members (excludes halogenated alkanes) is 3. The van der Waals surface area contributed by atoms with Crippen LogP contribution in [0, 0.1) is 12.3 Å². The van der Waals surface area contributed by atoms with E-state index in [4.69, 9.17) is 17.4 Å². The molecule has 0 unspecified atom stereocenters. The van der Waals surface area contributed by atoms with Crippen molar-refractivity contribution in [1.29, 1.82) is 0 Å². The van der Waals surface area contributed by atoms with E-state index in [0.717, 1.165) is 35.9 Å². The molecule has 0 aliphatic heterocycles. The van der Waals surface area contributed by atoms with Crippen molar-refractivity contribution in [3.05, 3.63) is 59.9 Å². The quantitative estimate of drug-likeness (QED) is 0.196. The molecular formula is C24H25N5O3. The van der Waals surface area contributed by atoms with Crippen molar-refractivity contribution in [1.82, 2.24) is 15.4 Å². The van der Waals surface area contributed by atoms with E-state index >= 15 is 0 Å². The minimum Gasteiger partial charge on any atom is -0.366 e. The van der Waals surface area contributed by atoms with Gasteiger partial charge in [0.05, 0.1) is 5.52 Å². The van der Waals surface area contributed by atoms with Gasteiger partial charge < -0.3 is 10.6 Å². The molecule has 2 aromatic carbocycles. The molecule has 2 amide bonds. The third-order valence-electron chi connectivity index (χ3n) is 5.14. The molecule has 0 atom stereocenters. The summed E-state index contributed by atoms with van der Waals surface area (Å²) in [6.07, 6.45) is 10.7. The third-order valence-corrected chi connectivity index (χ3v) is 5.14. The van der Waals surface area contributed by atoms with Gasteiger partial charge in [0.15, 0.2) is 0 Å². The molecule has 4 N–H and O–H groups in total. The predicted octanol–water partition coefficient (Wildman–Crippen LogP) is 3.30. The highest BCUT2D eigenvalue weighted by Crippen LogP contribution is 2.31. The fourth-order valence-electron chi connectivity index (χ4n) is 3.50. The van der Waals surface area contributed by atoms with Gasteiger partial charge in [-0.3, -0.25) is 14.8 Å². The van der Waals surface area contributed by atoms with Crippen LogP contribution in [0.5, 0.6) is 0 Å². The van der Waals surface area contributed by atoms with Crippen molar-refractivity contribution in [2.24, 2.45) is 5.73 Å². The molecule has 164 valence electrons. The smallest absolute Gasteiger partial charge is 0.248 e. The number of rotatable bonds is 10. The highest BCUT2D eigenvalue weighted by molar-refractivity contribution is 5.99. The van der Waals surface area contributed by atoms with E-state index in [-0.39, 0.29) is 5.91 Å². The number of nitrogens with zero attached hydrogens (tertiary/aromatic N) is 3. The maximum absolute atomic E-state index is 11.6. The Balaban J connectivity index is 1.87.